The third-order valence-corrected chi connectivity index (χ3v) is 6.91. The lowest BCUT2D eigenvalue weighted by atomic mass is 9.92. The quantitative estimate of drug-likeness (QED) is 0.334. The van der Waals surface area contributed by atoms with Gasteiger partial charge in [0.1, 0.15) is 0 Å². The molecule has 206 valence electrons. The molecule has 2 aliphatic rings. The summed E-state index contributed by atoms with van der Waals surface area (Å²) >= 11 is 0. The summed E-state index contributed by atoms with van der Waals surface area (Å²) in [6.07, 6.45) is 13.9. The topological polar surface area (TPSA) is 91.3 Å². The Bertz CT molecular complexity index is 702. The van der Waals surface area contributed by atoms with Crippen LogP contribution in [0.25, 0.3) is 0 Å². The maximum absolute atomic E-state index is 12.5. The van der Waals surface area contributed by atoms with Gasteiger partial charge >= 0.3 is 5.97 Å². The molecule has 0 aromatic heterocycles. The molecular weight excluding hydrogens is 460 g/mol. The lowest BCUT2D eigenvalue weighted by molar-refractivity contribution is -0.194. The Labute approximate surface area is 217 Å². The lowest BCUT2D eigenvalue weighted by Crippen LogP contribution is -2.30. The number of rotatable bonds is 9. The van der Waals surface area contributed by atoms with Crippen LogP contribution in [0, 0.1) is 11.8 Å². The summed E-state index contributed by atoms with van der Waals surface area (Å²) in [6.45, 7) is 7.52. The monoisotopic (exact) mass is 508 g/mol. The summed E-state index contributed by atoms with van der Waals surface area (Å²) in [5.41, 5.74) is 0.942. The van der Waals surface area contributed by atoms with Crippen LogP contribution in [0.1, 0.15) is 91.4 Å². The fourth-order valence-electron chi connectivity index (χ4n) is 4.54. The van der Waals surface area contributed by atoms with E-state index in [1.807, 2.05) is 26.0 Å². The van der Waals surface area contributed by atoms with Crippen LogP contribution in [-0.2, 0) is 28.5 Å². The number of carbonyl (C=O) groups is 2. The SMILES string of the molecule is CCC(O)COCCC1CCCCC(=O)OC[C@@H](CO[C@H]2CCC[C@@H](C)O2)/C=C(C)/C=C/C(=O)CC1. The average molecular weight is 509 g/mol. The van der Waals surface area contributed by atoms with Crippen LogP contribution < -0.4 is 0 Å². The fourth-order valence-corrected chi connectivity index (χ4v) is 4.54. The number of cyclic esters (lactones) is 1. The van der Waals surface area contributed by atoms with Crippen LogP contribution in [-0.4, -0.2) is 61.8 Å². The van der Waals surface area contributed by atoms with E-state index in [-0.39, 0.29) is 36.7 Å². The molecule has 36 heavy (non-hydrogen) atoms. The van der Waals surface area contributed by atoms with Gasteiger partial charge in [0.2, 0.25) is 0 Å². The standard InChI is InChI=1S/C29H48O7/c1-4-26(30)21-33-17-16-24-9-5-6-10-28(32)34-19-25(18-22(2)12-14-27(31)15-13-24)20-35-29-11-7-8-23(3)36-29/h12,14,18,23-26,29-30H,4-11,13,15-17,19-21H2,1-3H3/b14-12+,22-18+/t23-,24?,25+,26?,29-/m1/s1. The van der Waals surface area contributed by atoms with Crippen molar-refractivity contribution in [1.82, 2.24) is 0 Å². The van der Waals surface area contributed by atoms with Crippen molar-refractivity contribution in [3.05, 3.63) is 23.8 Å². The minimum atomic E-state index is -0.425. The fraction of sp³-hybridized carbons (Fsp3) is 0.793. The highest BCUT2D eigenvalue weighted by molar-refractivity contribution is 5.90. The van der Waals surface area contributed by atoms with Crippen LogP contribution >= 0.6 is 0 Å². The number of aliphatic hydroxyl groups excluding tert-OH is 1. The molecule has 0 aliphatic carbocycles. The van der Waals surface area contributed by atoms with Gasteiger partial charge in [0.25, 0.3) is 0 Å². The Hall–Kier alpha value is -1.54. The smallest absolute Gasteiger partial charge is 0.305 e. The molecule has 1 N–H and O–H groups in total. The summed E-state index contributed by atoms with van der Waals surface area (Å²) in [6, 6.07) is 0. The molecule has 2 heterocycles. The number of aliphatic hydroxyl groups is 1. The Morgan fingerprint density at radius 1 is 1.08 bits per heavy atom. The highest BCUT2D eigenvalue weighted by Crippen LogP contribution is 2.22. The van der Waals surface area contributed by atoms with E-state index >= 15 is 0 Å². The number of allylic oxidation sites excluding steroid dienone is 3. The van der Waals surface area contributed by atoms with E-state index in [0.717, 1.165) is 56.9 Å². The molecule has 0 saturated carbocycles. The normalized spacial score (nSPS) is 30.7. The molecule has 0 aromatic carbocycles. The highest BCUT2D eigenvalue weighted by Gasteiger charge is 2.21. The predicted molar refractivity (Wildman–Crippen MR) is 139 cm³/mol. The minimum absolute atomic E-state index is 0.0990. The van der Waals surface area contributed by atoms with Gasteiger partial charge in [-0.3, -0.25) is 9.59 Å². The molecule has 2 rings (SSSR count). The second-order valence-corrected chi connectivity index (χ2v) is 10.4. The van der Waals surface area contributed by atoms with E-state index in [0.29, 0.717) is 45.0 Å². The maximum Gasteiger partial charge on any atom is 0.305 e. The van der Waals surface area contributed by atoms with Gasteiger partial charge in [-0.25, -0.2) is 0 Å². The van der Waals surface area contributed by atoms with Crippen molar-refractivity contribution in [2.45, 2.75) is 110 Å². The average Bonchev–Trinajstić information content (AvgIpc) is 2.86. The summed E-state index contributed by atoms with van der Waals surface area (Å²) in [7, 11) is 0. The molecule has 0 spiro atoms. The molecule has 2 unspecified atom stereocenters. The molecule has 0 amide bonds. The maximum atomic E-state index is 12.5. The molecule has 1 fully saturated rings. The summed E-state index contributed by atoms with van der Waals surface area (Å²) in [4.78, 5) is 24.9. The van der Waals surface area contributed by atoms with Gasteiger partial charge in [-0.2, -0.15) is 0 Å². The van der Waals surface area contributed by atoms with Gasteiger partial charge < -0.3 is 24.1 Å². The van der Waals surface area contributed by atoms with E-state index in [4.69, 9.17) is 18.9 Å². The number of carbonyl (C=O) groups excluding carboxylic acids is 2. The van der Waals surface area contributed by atoms with Crippen LogP contribution in [0.2, 0.25) is 0 Å². The summed E-state index contributed by atoms with van der Waals surface area (Å²) < 4.78 is 23.1. The zero-order valence-corrected chi connectivity index (χ0v) is 22.6. The van der Waals surface area contributed by atoms with E-state index in [1.54, 1.807) is 6.08 Å². The van der Waals surface area contributed by atoms with Gasteiger partial charge in [-0.05, 0) is 70.8 Å². The predicted octanol–water partition coefficient (Wildman–Crippen LogP) is 5.30. The van der Waals surface area contributed by atoms with E-state index in [9.17, 15) is 14.7 Å². The van der Waals surface area contributed by atoms with Crippen molar-refractivity contribution in [2.24, 2.45) is 11.8 Å². The van der Waals surface area contributed by atoms with Gasteiger partial charge in [0.15, 0.2) is 12.1 Å². The second-order valence-electron chi connectivity index (χ2n) is 10.4. The molecule has 5 atom stereocenters. The first-order valence-corrected chi connectivity index (χ1v) is 13.9. The largest absolute Gasteiger partial charge is 0.465 e. The van der Waals surface area contributed by atoms with E-state index < -0.39 is 6.10 Å². The van der Waals surface area contributed by atoms with Crippen molar-refractivity contribution < 1.29 is 33.6 Å². The van der Waals surface area contributed by atoms with Crippen LogP contribution in [0.3, 0.4) is 0 Å². The molecule has 7 nitrogen and oxygen atoms in total. The number of hydrogen-bond donors (Lipinski definition) is 1. The minimum Gasteiger partial charge on any atom is -0.465 e. The Kier molecular flexibility index (Phi) is 15.2. The second kappa shape index (κ2) is 17.8. The number of ketones is 1. The van der Waals surface area contributed by atoms with Crippen LogP contribution in [0.5, 0.6) is 0 Å². The Morgan fingerprint density at radius 3 is 2.69 bits per heavy atom. The first-order valence-electron chi connectivity index (χ1n) is 13.9. The van der Waals surface area contributed by atoms with Crippen molar-refractivity contribution in [2.75, 3.05) is 26.4 Å². The van der Waals surface area contributed by atoms with Crippen molar-refractivity contribution in [1.29, 1.82) is 0 Å². The van der Waals surface area contributed by atoms with Crippen LogP contribution in [0.15, 0.2) is 23.8 Å². The number of esters is 1. The van der Waals surface area contributed by atoms with Gasteiger partial charge in [-0.1, -0.05) is 37.5 Å². The first kappa shape index (κ1) is 30.7. The number of ether oxygens (including phenoxy) is 4. The van der Waals surface area contributed by atoms with Gasteiger partial charge in [-0.15, -0.1) is 0 Å². The Balaban J connectivity index is 1.93. The highest BCUT2D eigenvalue weighted by atomic mass is 16.7. The van der Waals surface area contributed by atoms with E-state index in [1.165, 1.54) is 0 Å². The summed E-state index contributed by atoms with van der Waals surface area (Å²) in [5.74, 6) is 0.191. The van der Waals surface area contributed by atoms with Crippen LogP contribution in [0.4, 0.5) is 0 Å². The summed E-state index contributed by atoms with van der Waals surface area (Å²) in [5, 5.41) is 9.65. The number of hydrogen-bond acceptors (Lipinski definition) is 7. The lowest BCUT2D eigenvalue weighted by Gasteiger charge is -2.28. The molecule has 7 heteroatoms. The molecule has 0 radical (unpaired) electrons. The van der Waals surface area contributed by atoms with Gasteiger partial charge in [0.05, 0.1) is 32.0 Å². The third-order valence-electron chi connectivity index (χ3n) is 6.91. The molecular formula is C29H48O7. The Morgan fingerprint density at radius 2 is 1.92 bits per heavy atom. The molecule has 1 saturated heterocycles. The zero-order chi connectivity index (χ0) is 26.2. The molecule has 2 aliphatic heterocycles. The van der Waals surface area contributed by atoms with Crippen molar-refractivity contribution >= 4 is 11.8 Å². The first-order chi connectivity index (χ1) is 17.4. The van der Waals surface area contributed by atoms with E-state index in [2.05, 4.69) is 6.92 Å². The van der Waals surface area contributed by atoms with Gasteiger partial charge in [0, 0.05) is 25.4 Å². The molecule has 0 bridgehead atoms. The van der Waals surface area contributed by atoms with Crippen molar-refractivity contribution in [3.8, 4) is 0 Å². The van der Waals surface area contributed by atoms with Crippen molar-refractivity contribution in [3.63, 3.8) is 0 Å². The third kappa shape index (κ3) is 13.7. The molecule has 0 aromatic rings. The zero-order valence-electron chi connectivity index (χ0n) is 22.6.